The Balaban J connectivity index is 1.33. The highest BCUT2D eigenvalue weighted by atomic mass is 35.5. The van der Waals surface area contributed by atoms with Gasteiger partial charge in [0.15, 0.2) is 0 Å². The molecular weight excluding hydrogens is 366 g/mol. The van der Waals surface area contributed by atoms with Crippen molar-refractivity contribution in [3.05, 3.63) is 51.9 Å². The zero-order valence-corrected chi connectivity index (χ0v) is 16.0. The van der Waals surface area contributed by atoms with Gasteiger partial charge in [-0.15, -0.1) is 0 Å². The number of hydrogen-bond donors (Lipinski definition) is 1. The molecular formula is C20H22ClN3O3. The van der Waals surface area contributed by atoms with Crippen molar-refractivity contribution in [1.82, 2.24) is 15.4 Å². The molecule has 1 aliphatic carbocycles. The Morgan fingerprint density at radius 1 is 1.26 bits per heavy atom. The Labute approximate surface area is 162 Å². The van der Waals surface area contributed by atoms with Crippen molar-refractivity contribution in [2.45, 2.75) is 38.6 Å². The van der Waals surface area contributed by atoms with Gasteiger partial charge in [-0.25, -0.2) is 0 Å². The first-order valence-electron chi connectivity index (χ1n) is 9.32. The van der Waals surface area contributed by atoms with Gasteiger partial charge >= 0.3 is 0 Å². The number of piperidine rings is 1. The van der Waals surface area contributed by atoms with Gasteiger partial charge in [0.25, 0.3) is 5.91 Å². The number of hydrogen-bond acceptors (Lipinski definition) is 4. The summed E-state index contributed by atoms with van der Waals surface area (Å²) < 4.78 is 4.98. The van der Waals surface area contributed by atoms with Gasteiger partial charge in [-0.2, -0.15) is 0 Å². The molecule has 1 fully saturated rings. The quantitative estimate of drug-likeness (QED) is 0.876. The number of carbonyl (C=O) groups is 2. The fraction of sp³-hybridized carbons (Fsp3) is 0.450. The summed E-state index contributed by atoms with van der Waals surface area (Å²) in [5, 5.41) is 7.60. The molecule has 0 saturated carbocycles. The maximum atomic E-state index is 12.7. The van der Waals surface area contributed by atoms with Crippen LogP contribution in [0.2, 0.25) is 5.02 Å². The first-order valence-corrected chi connectivity index (χ1v) is 9.70. The van der Waals surface area contributed by atoms with E-state index in [2.05, 4.69) is 10.5 Å². The molecule has 0 unspecified atom stereocenters. The second kappa shape index (κ2) is 7.35. The minimum absolute atomic E-state index is 0.0593. The number of fused-ring (bicyclic) bond motifs is 1. The van der Waals surface area contributed by atoms with Crippen LogP contribution in [0.3, 0.4) is 0 Å². The fourth-order valence-corrected chi connectivity index (χ4v) is 4.24. The Morgan fingerprint density at radius 3 is 2.74 bits per heavy atom. The Bertz CT molecular complexity index is 871. The van der Waals surface area contributed by atoms with Crippen molar-refractivity contribution in [2.24, 2.45) is 5.92 Å². The molecule has 142 valence electrons. The minimum Gasteiger partial charge on any atom is -0.361 e. The van der Waals surface area contributed by atoms with Crippen LogP contribution in [0.25, 0.3) is 0 Å². The number of likely N-dealkylation sites (tertiary alicyclic amines) is 1. The van der Waals surface area contributed by atoms with Crippen LogP contribution >= 0.6 is 11.6 Å². The standard InChI is InChI=1S/C20H22ClN3O3/c1-12-17(11-22-27-12)20(26)24-8-6-13(7-9-24)19(25)23-18-5-2-14-10-15(21)3-4-16(14)18/h3-4,10-11,13,18H,2,5-9H2,1H3,(H,23,25)/t18-/m0/s1. The zero-order chi connectivity index (χ0) is 19.0. The molecule has 7 heteroatoms. The Morgan fingerprint density at radius 2 is 2.04 bits per heavy atom. The average molecular weight is 388 g/mol. The number of halogens is 1. The van der Waals surface area contributed by atoms with Crippen molar-refractivity contribution >= 4 is 23.4 Å². The van der Waals surface area contributed by atoms with E-state index in [9.17, 15) is 9.59 Å². The van der Waals surface area contributed by atoms with E-state index in [0.29, 0.717) is 37.3 Å². The number of amides is 2. The van der Waals surface area contributed by atoms with Gasteiger partial charge in [0.2, 0.25) is 5.91 Å². The molecule has 0 radical (unpaired) electrons. The number of nitrogens with one attached hydrogen (secondary N) is 1. The third kappa shape index (κ3) is 3.58. The summed E-state index contributed by atoms with van der Waals surface area (Å²) in [7, 11) is 0. The van der Waals surface area contributed by atoms with E-state index in [1.807, 2.05) is 18.2 Å². The molecule has 2 heterocycles. The van der Waals surface area contributed by atoms with Crippen LogP contribution in [-0.4, -0.2) is 35.0 Å². The monoisotopic (exact) mass is 387 g/mol. The van der Waals surface area contributed by atoms with Crippen LogP contribution in [0.1, 0.15) is 52.5 Å². The number of nitrogens with zero attached hydrogens (tertiary/aromatic N) is 2. The van der Waals surface area contributed by atoms with Crippen LogP contribution in [0, 0.1) is 12.8 Å². The van der Waals surface area contributed by atoms with E-state index in [4.69, 9.17) is 16.1 Å². The number of rotatable bonds is 3. The van der Waals surface area contributed by atoms with E-state index in [-0.39, 0.29) is 23.8 Å². The van der Waals surface area contributed by atoms with Crippen molar-refractivity contribution in [2.75, 3.05) is 13.1 Å². The first-order chi connectivity index (χ1) is 13.0. The van der Waals surface area contributed by atoms with Gasteiger partial charge in [0, 0.05) is 24.0 Å². The molecule has 0 spiro atoms. The first kappa shape index (κ1) is 18.0. The topological polar surface area (TPSA) is 75.4 Å². The van der Waals surface area contributed by atoms with Crippen molar-refractivity contribution < 1.29 is 14.1 Å². The highest BCUT2D eigenvalue weighted by molar-refractivity contribution is 6.30. The van der Waals surface area contributed by atoms with Gasteiger partial charge in [-0.1, -0.05) is 22.8 Å². The molecule has 1 saturated heterocycles. The molecule has 1 aromatic heterocycles. The zero-order valence-electron chi connectivity index (χ0n) is 15.2. The summed E-state index contributed by atoms with van der Waals surface area (Å²) >= 11 is 6.06. The lowest BCUT2D eigenvalue weighted by Gasteiger charge is -2.31. The maximum absolute atomic E-state index is 12.7. The SMILES string of the molecule is Cc1oncc1C(=O)N1CCC(C(=O)N[C@H]2CCc3cc(Cl)ccc32)CC1. The number of benzene rings is 1. The van der Waals surface area contributed by atoms with E-state index in [1.165, 1.54) is 17.3 Å². The number of aryl methyl sites for hydroxylation is 2. The molecule has 1 aliphatic heterocycles. The summed E-state index contributed by atoms with van der Waals surface area (Å²) in [6, 6.07) is 5.93. The van der Waals surface area contributed by atoms with Gasteiger partial charge in [0.1, 0.15) is 11.3 Å². The molecule has 2 aromatic rings. The van der Waals surface area contributed by atoms with Crippen LogP contribution in [0.4, 0.5) is 0 Å². The summed E-state index contributed by atoms with van der Waals surface area (Å²) in [4.78, 5) is 27.0. The van der Waals surface area contributed by atoms with Gasteiger partial charge in [-0.3, -0.25) is 9.59 Å². The van der Waals surface area contributed by atoms with E-state index in [0.717, 1.165) is 17.9 Å². The minimum atomic E-state index is -0.0748. The summed E-state index contributed by atoms with van der Waals surface area (Å²) in [6.45, 7) is 2.86. The molecule has 2 aliphatic rings. The second-order valence-electron chi connectivity index (χ2n) is 7.31. The highest BCUT2D eigenvalue weighted by Crippen LogP contribution is 2.33. The molecule has 27 heavy (non-hydrogen) atoms. The molecule has 0 bridgehead atoms. The summed E-state index contributed by atoms with van der Waals surface area (Å²) in [6.07, 6.45) is 4.64. The third-order valence-corrected chi connectivity index (χ3v) is 5.87. The fourth-order valence-electron chi connectivity index (χ4n) is 4.04. The van der Waals surface area contributed by atoms with Crippen molar-refractivity contribution in [3.63, 3.8) is 0 Å². The van der Waals surface area contributed by atoms with Crippen LogP contribution < -0.4 is 5.32 Å². The lowest BCUT2D eigenvalue weighted by Crippen LogP contribution is -2.43. The number of carbonyl (C=O) groups excluding carboxylic acids is 2. The van der Waals surface area contributed by atoms with Crippen molar-refractivity contribution in [1.29, 1.82) is 0 Å². The molecule has 4 rings (SSSR count). The Hall–Kier alpha value is -2.34. The second-order valence-corrected chi connectivity index (χ2v) is 7.74. The van der Waals surface area contributed by atoms with Crippen LogP contribution in [0.5, 0.6) is 0 Å². The van der Waals surface area contributed by atoms with Gasteiger partial charge < -0.3 is 14.7 Å². The van der Waals surface area contributed by atoms with E-state index >= 15 is 0 Å². The lowest BCUT2D eigenvalue weighted by atomic mass is 9.94. The largest absolute Gasteiger partial charge is 0.361 e. The van der Waals surface area contributed by atoms with Gasteiger partial charge in [0.05, 0.1) is 12.2 Å². The molecule has 1 aromatic carbocycles. The lowest BCUT2D eigenvalue weighted by molar-refractivity contribution is -0.127. The molecule has 6 nitrogen and oxygen atoms in total. The highest BCUT2D eigenvalue weighted by Gasteiger charge is 2.31. The smallest absolute Gasteiger partial charge is 0.259 e. The van der Waals surface area contributed by atoms with Crippen molar-refractivity contribution in [3.8, 4) is 0 Å². The number of aromatic nitrogens is 1. The Kier molecular flexibility index (Phi) is 4.91. The molecule has 1 N–H and O–H groups in total. The maximum Gasteiger partial charge on any atom is 0.259 e. The average Bonchev–Trinajstić information content (AvgIpc) is 3.27. The third-order valence-electron chi connectivity index (χ3n) is 5.63. The predicted molar refractivity (Wildman–Crippen MR) is 101 cm³/mol. The molecule has 1 atom stereocenters. The van der Waals surface area contributed by atoms with E-state index in [1.54, 1.807) is 11.8 Å². The van der Waals surface area contributed by atoms with Crippen LogP contribution in [0.15, 0.2) is 28.9 Å². The summed E-state index contributed by atoms with van der Waals surface area (Å²) in [5.74, 6) is 0.471. The van der Waals surface area contributed by atoms with Gasteiger partial charge in [-0.05, 0) is 55.9 Å². The summed E-state index contributed by atoms with van der Waals surface area (Å²) in [5.41, 5.74) is 2.89. The van der Waals surface area contributed by atoms with Crippen LogP contribution in [-0.2, 0) is 11.2 Å². The molecule has 2 amide bonds. The normalized spacial score (nSPS) is 19.8. The van der Waals surface area contributed by atoms with E-state index < -0.39 is 0 Å². The predicted octanol–water partition coefficient (Wildman–Crippen LogP) is 3.29.